The van der Waals surface area contributed by atoms with E-state index in [0.29, 0.717) is 18.2 Å². The van der Waals surface area contributed by atoms with Crippen LogP contribution < -0.4 is 5.32 Å². The molecule has 1 rings (SSSR count). The Labute approximate surface area is 105 Å². The normalized spacial score (nSPS) is 11.6. The minimum atomic E-state index is -4.40. The zero-order chi connectivity index (χ0) is 13.9. The number of nitrogens with one attached hydrogen (secondary N) is 1. The topological polar surface area (TPSA) is 104 Å². The Hall–Kier alpha value is -1.60. The van der Waals surface area contributed by atoms with Crippen LogP contribution in [0.3, 0.4) is 0 Å². The molecule has 0 atom stereocenters. The summed E-state index contributed by atoms with van der Waals surface area (Å²) in [4.78, 5) is 10.6. The highest BCUT2D eigenvalue weighted by atomic mass is 32.2. The Morgan fingerprint density at radius 2 is 2.00 bits per heavy atom. The molecule has 100 valence electrons. The van der Waals surface area contributed by atoms with Gasteiger partial charge in [0.05, 0.1) is 10.5 Å². The average molecular weight is 273 g/mol. The largest absolute Gasteiger partial charge is 0.478 e. The third-order valence-electron chi connectivity index (χ3n) is 2.22. The van der Waals surface area contributed by atoms with Crippen molar-refractivity contribution < 1.29 is 22.9 Å². The first kappa shape index (κ1) is 14.5. The van der Waals surface area contributed by atoms with Crippen LogP contribution in [0.1, 0.15) is 24.2 Å². The molecule has 0 spiro atoms. The SMILES string of the molecule is CC(C)CNc1ccc(S(=O)(=O)O)cc1C(=O)O. The molecule has 0 amide bonds. The maximum absolute atomic E-state index is 11.0. The van der Waals surface area contributed by atoms with Gasteiger partial charge in [0.2, 0.25) is 0 Å². The molecule has 0 aliphatic rings. The number of carboxylic acids is 1. The zero-order valence-electron chi connectivity index (χ0n) is 10.0. The van der Waals surface area contributed by atoms with Crippen molar-refractivity contribution in [2.24, 2.45) is 5.92 Å². The summed E-state index contributed by atoms with van der Waals surface area (Å²) in [5.74, 6) is -0.945. The Bertz CT molecular complexity index is 551. The van der Waals surface area contributed by atoms with Gasteiger partial charge in [-0.3, -0.25) is 4.55 Å². The van der Waals surface area contributed by atoms with Gasteiger partial charge in [-0.05, 0) is 24.1 Å². The number of hydrogen-bond donors (Lipinski definition) is 3. The van der Waals surface area contributed by atoms with Crippen LogP contribution in [0.5, 0.6) is 0 Å². The summed E-state index contributed by atoms with van der Waals surface area (Å²) in [7, 11) is -4.40. The lowest BCUT2D eigenvalue weighted by Gasteiger charge is -2.12. The molecule has 1 aromatic rings. The first-order valence-corrected chi connectivity index (χ1v) is 6.74. The van der Waals surface area contributed by atoms with Crippen molar-refractivity contribution in [3.63, 3.8) is 0 Å². The highest BCUT2D eigenvalue weighted by molar-refractivity contribution is 7.85. The van der Waals surface area contributed by atoms with Crippen LogP contribution in [-0.4, -0.2) is 30.6 Å². The first-order chi connectivity index (χ1) is 8.21. The number of carbonyl (C=O) groups is 1. The molecule has 0 fully saturated rings. The van der Waals surface area contributed by atoms with Crippen LogP contribution in [0, 0.1) is 5.92 Å². The molecule has 1 aromatic carbocycles. The molecule has 0 aromatic heterocycles. The molecule has 0 bridgehead atoms. The van der Waals surface area contributed by atoms with E-state index in [-0.39, 0.29) is 5.56 Å². The van der Waals surface area contributed by atoms with Crippen molar-refractivity contribution >= 4 is 21.8 Å². The van der Waals surface area contributed by atoms with Gasteiger partial charge in [-0.25, -0.2) is 4.79 Å². The molecule has 0 radical (unpaired) electrons. The van der Waals surface area contributed by atoms with Gasteiger partial charge >= 0.3 is 5.97 Å². The summed E-state index contributed by atoms with van der Waals surface area (Å²) < 4.78 is 30.7. The fourth-order valence-corrected chi connectivity index (χ4v) is 1.84. The molecule has 0 saturated carbocycles. The van der Waals surface area contributed by atoms with E-state index in [1.807, 2.05) is 13.8 Å². The number of hydrogen-bond acceptors (Lipinski definition) is 4. The predicted octanol–water partition coefficient (Wildman–Crippen LogP) is 1.70. The molecule has 0 heterocycles. The smallest absolute Gasteiger partial charge is 0.337 e. The fraction of sp³-hybridized carbons (Fsp3) is 0.364. The lowest BCUT2D eigenvalue weighted by Crippen LogP contribution is -2.12. The van der Waals surface area contributed by atoms with Crippen LogP contribution in [0.25, 0.3) is 0 Å². The van der Waals surface area contributed by atoms with Crippen molar-refractivity contribution in [3.8, 4) is 0 Å². The van der Waals surface area contributed by atoms with Crippen LogP contribution in [0.2, 0.25) is 0 Å². The van der Waals surface area contributed by atoms with E-state index < -0.39 is 21.0 Å². The van der Waals surface area contributed by atoms with Gasteiger partial charge in [0.25, 0.3) is 10.1 Å². The number of rotatable bonds is 5. The van der Waals surface area contributed by atoms with Crippen molar-refractivity contribution in [3.05, 3.63) is 23.8 Å². The number of benzene rings is 1. The quantitative estimate of drug-likeness (QED) is 0.705. The Kier molecular flexibility index (Phi) is 4.31. The molecule has 0 aliphatic carbocycles. The van der Waals surface area contributed by atoms with Gasteiger partial charge in [0, 0.05) is 12.2 Å². The summed E-state index contributed by atoms with van der Waals surface area (Å²) >= 11 is 0. The fourth-order valence-electron chi connectivity index (χ4n) is 1.33. The third-order valence-corrected chi connectivity index (χ3v) is 3.07. The van der Waals surface area contributed by atoms with Crippen molar-refractivity contribution in [1.29, 1.82) is 0 Å². The van der Waals surface area contributed by atoms with Gasteiger partial charge in [0.15, 0.2) is 0 Å². The summed E-state index contributed by atoms with van der Waals surface area (Å²) in [5.41, 5.74) is 0.134. The summed E-state index contributed by atoms with van der Waals surface area (Å²) in [6.07, 6.45) is 0. The Balaban J connectivity index is 3.17. The summed E-state index contributed by atoms with van der Waals surface area (Å²) in [6, 6.07) is 3.42. The van der Waals surface area contributed by atoms with Gasteiger partial charge in [-0.1, -0.05) is 13.8 Å². The van der Waals surface area contributed by atoms with E-state index in [0.717, 1.165) is 12.1 Å². The molecule has 7 heteroatoms. The van der Waals surface area contributed by atoms with E-state index in [1.165, 1.54) is 6.07 Å². The van der Waals surface area contributed by atoms with Gasteiger partial charge in [-0.2, -0.15) is 8.42 Å². The summed E-state index contributed by atoms with van der Waals surface area (Å²) in [6.45, 7) is 4.48. The van der Waals surface area contributed by atoms with E-state index in [1.54, 1.807) is 0 Å². The van der Waals surface area contributed by atoms with Crippen LogP contribution in [0.4, 0.5) is 5.69 Å². The minimum Gasteiger partial charge on any atom is -0.478 e. The van der Waals surface area contributed by atoms with E-state index in [4.69, 9.17) is 9.66 Å². The van der Waals surface area contributed by atoms with Crippen LogP contribution in [0.15, 0.2) is 23.1 Å². The second-order valence-electron chi connectivity index (χ2n) is 4.26. The molecule has 18 heavy (non-hydrogen) atoms. The van der Waals surface area contributed by atoms with Gasteiger partial charge < -0.3 is 10.4 Å². The van der Waals surface area contributed by atoms with Gasteiger partial charge in [-0.15, -0.1) is 0 Å². The maximum atomic E-state index is 11.0. The second-order valence-corrected chi connectivity index (χ2v) is 5.68. The lowest BCUT2D eigenvalue weighted by molar-refractivity contribution is 0.0697. The second kappa shape index (κ2) is 5.36. The first-order valence-electron chi connectivity index (χ1n) is 5.30. The Morgan fingerprint density at radius 3 is 2.44 bits per heavy atom. The zero-order valence-corrected chi connectivity index (χ0v) is 10.9. The number of anilines is 1. The van der Waals surface area contributed by atoms with E-state index in [9.17, 15) is 13.2 Å². The van der Waals surface area contributed by atoms with Crippen molar-refractivity contribution in [1.82, 2.24) is 0 Å². The molecular weight excluding hydrogens is 258 g/mol. The predicted molar refractivity (Wildman–Crippen MR) is 66.5 cm³/mol. The van der Waals surface area contributed by atoms with Gasteiger partial charge in [0.1, 0.15) is 0 Å². The third kappa shape index (κ3) is 3.71. The lowest BCUT2D eigenvalue weighted by atomic mass is 10.1. The van der Waals surface area contributed by atoms with Crippen molar-refractivity contribution in [2.75, 3.05) is 11.9 Å². The molecule has 6 nitrogen and oxygen atoms in total. The maximum Gasteiger partial charge on any atom is 0.337 e. The number of carboxylic acid groups (broad SMARTS) is 1. The van der Waals surface area contributed by atoms with E-state index >= 15 is 0 Å². The summed E-state index contributed by atoms with van der Waals surface area (Å²) in [5, 5.41) is 11.9. The average Bonchev–Trinajstić information content (AvgIpc) is 2.24. The monoisotopic (exact) mass is 273 g/mol. The highest BCUT2D eigenvalue weighted by Gasteiger charge is 2.16. The van der Waals surface area contributed by atoms with Crippen LogP contribution >= 0.6 is 0 Å². The molecule has 3 N–H and O–H groups in total. The minimum absolute atomic E-state index is 0.189. The molecule has 0 saturated heterocycles. The molecule has 0 aliphatic heterocycles. The van der Waals surface area contributed by atoms with E-state index in [2.05, 4.69) is 5.32 Å². The Morgan fingerprint density at radius 1 is 1.39 bits per heavy atom. The van der Waals surface area contributed by atoms with Crippen LogP contribution in [-0.2, 0) is 10.1 Å². The van der Waals surface area contributed by atoms with Crippen molar-refractivity contribution in [2.45, 2.75) is 18.7 Å². The number of aromatic carboxylic acids is 1. The molecule has 0 unspecified atom stereocenters. The highest BCUT2D eigenvalue weighted by Crippen LogP contribution is 2.20. The molecular formula is C11H15NO5S. The standard InChI is InChI=1S/C11H15NO5S/c1-7(2)6-12-10-4-3-8(18(15,16)17)5-9(10)11(13)14/h3-5,7,12H,6H2,1-2H3,(H,13,14)(H,15,16,17).